The second-order valence-electron chi connectivity index (χ2n) is 4.13. The van der Waals surface area contributed by atoms with Gasteiger partial charge in [-0.1, -0.05) is 13.8 Å². The number of carbonyl (C=O) groups excluding carboxylic acids is 1. The van der Waals surface area contributed by atoms with Crippen LogP contribution in [0.2, 0.25) is 0 Å². The quantitative estimate of drug-likeness (QED) is 0.797. The third kappa shape index (κ3) is 4.03. The van der Waals surface area contributed by atoms with Gasteiger partial charge in [0.05, 0.1) is 12.8 Å². The fraction of sp³-hybridized carbons (Fsp3) is 0.615. The van der Waals surface area contributed by atoms with Gasteiger partial charge in [0.15, 0.2) is 0 Å². The third-order valence-corrected chi connectivity index (χ3v) is 2.62. The van der Waals surface area contributed by atoms with Gasteiger partial charge in [0.1, 0.15) is 5.69 Å². The van der Waals surface area contributed by atoms with Crippen LogP contribution in [-0.2, 0) is 16.5 Å². The maximum absolute atomic E-state index is 11.2. The van der Waals surface area contributed by atoms with Gasteiger partial charge in [0.25, 0.3) is 0 Å². The lowest BCUT2D eigenvalue weighted by atomic mass is 10.3. The van der Waals surface area contributed by atoms with Crippen LogP contribution in [0.3, 0.4) is 0 Å². The van der Waals surface area contributed by atoms with Crippen molar-refractivity contribution >= 4 is 6.16 Å². The predicted molar refractivity (Wildman–Crippen MR) is 78.9 cm³/mol. The van der Waals surface area contributed by atoms with Gasteiger partial charge < -0.3 is 9.47 Å². The van der Waals surface area contributed by atoms with Crippen LogP contribution >= 0.6 is 0 Å². The van der Waals surface area contributed by atoms with Gasteiger partial charge in [-0.05, 0) is 31.5 Å². The molecule has 0 aliphatic rings. The lowest BCUT2D eigenvalue weighted by molar-refractivity contribution is -0.00513. The van der Waals surface area contributed by atoms with E-state index in [4.69, 9.17) is 4.74 Å². The average Bonchev–Trinajstić information content (AvgIpc) is 3.08. The standard InChI is InChI=1S/C11H16N6O3.C2H6/c1-5-19-11(18)20-8(3)17-14-10(13-15-17)9-7(2)6-12-16(9)4;1-2/h6,8H,5H2,1-4H3;1-2H3/t8-;/m1./s1. The molecule has 0 saturated carbocycles. The monoisotopic (exact) mass is 310 g/mol. The molecule has 0 amide bonds. The molecule has 0 aliphatic carbocycles. The molecule has 9 heteroatoms. The van der Waals surface area contributed by atoms with Crippen LogP contribution in [0.5, 0.6) is 0 Å². The highest BCUT2D eigenvalue weighted by atomic mass is 16.7. The number of carbonyl (C=O) groups is 1. The maximum atomic E-state index is 11.2. The lowest BCUT2D eigenvalue weighted by Crippen LogP contribution is -2.18. The summed E-state index contributed by atoms with van der Waals surface area (Å²) in [6, 6.07) is 0. The van der Waals surface area contributed by atoms with Crippen molar-refractivity contribution < 1.29 is 14.3 Å². The molecule has 0 radical (unpaired) electrons. The van der Waals surface area contributed by atoms with Crippen molar-refractivity contribution in [3.05, 3.63) is 11.8 Å². The van der Waals surface area contributed by atoms with Crippen molar-refractivity contribution in [2.75, 3.05) is 6.61 Å². The van der Waals surface area contributed by atoms with E-state index < -0.39 is 12.4 Å². The van der Waals surface area contributed by atoms with Gasteiger partial charge in [0.2, 0.25) is 12.1 Å². The Morgan fingerprint density at radius 2 is 2.09 bits per heavy atom. The van der Waals surface area contributed by atoms with Gasteiger partial charge in [-0.3, -0.25) is 4.68 Å². The molecular weight excluding hydrogens is 288 g/mol. The van der Waals surface area contributed by atoms with Crippen molar-refractivity contribution in [3.63, 3.8) is 0 Å². The SMILES string of the molecule is CC.CCOC(=O)O[C@H](C)n1nnc(-c2c(C)cnn2C)n1. The molecule has 122 valence electrons. The molecule has 0 unspecified atom stereocenters. The average molecular weight is 310 g/mol. The highest BCUT2D eigenvalue weighted by Gasteiger charge is 2.18. The van der Waals surface area contributed by atoms with Gasteiger partial charge in [-0.2, -0.15) is 5.10 Å². The minimum absolute atomic E-state index is 0.246. The first-order chi connectivity index (χ1) is 10.5. The van der Waals surface area contributed by atoms with Crippen molar-refractivity contribution in [1.29, 1.82) is 0 Å². The minimum atomic E-state index is -0.768. The minimum Gasteiger partial charge on any atom is -0.435 e. The zero-order valence-electron chi connectivity index (χ0n) is 13.8. The van der Waals surface area contributed by atoms with E-state index in [1.165, 1.54) is 4.80 Å². The van der Waals surface area contributed by atoms with Crippen LogP contribution in [0, 0.1) is 6.92 Å². The number of hydrogen-bond acceptors (Lipinski definition) is 7. The molecule has 0 aromatic carbocycles. The summed E-state index contributed by atoms with van der Waals surface area (Å²) in [6.07, 6.45) is 0.244. The van der Waals surface area contributed by atoms with Gasteiger partial charge in [0, 0.05) is 7.05 Å². The van der Waals surface area contributed by atoms with E-state index in [-0.39, 0.29) is 6.61 Å². The first-order valence-electron chi connectivity index (χ1n) is 7.14. The second-order valence-corrected chi connectivity index (χ2v) is 4.13. The summed E-state index contributed by atoms with van der Waals surface area (Å²) in [5.41, 5.74) is 1.70. The molecule has 2 aromatic rings. The maximum Gasteiger partial charge on any atom is 0.510 e. The number of aromatic nitrogens is 6. The first-order valence-corrected chi connectivity index (χ1v) is 7.14. The molecule has 2 aromatic heterocycles. The first kappa shape index (κ1) is 17.6. The van der Waals surface area contributed by atoms with Crippen molar-refractivity contribution in [2.24, 2.45) is 7.05 Å². The summed E-state index contributed by atoms with van der Waals surface area (Å²) < 4.78 is 11.3. The Balaban J connectivity index is 0.00000116. The molecule has 0 spiro atoms. The molecule has 22 heavy (non-hydrogen) atoms. The van der Waals surface area contributed by atoms with Crippen LogP contribution in [0.15, 0.2) is 6.20 Å². The number of aryl methyl sites for hydroxylation is 2. The zero-order valence-corrected chi connectivity index (χ0v) is 13.8. The fourth-order valence-electron chi connectivity index (χ4n) is 1.68. The molecular formula is C13H22N6O3. The van der Waals surface area contributed by atoms with E-state index in [2.05, 4.69) is 25.2 Å². The van der Waals surface area contributed by atoms with Crippen LogP contribution in [0.25, 0.3) is 11.5 Å². The molecule has 0 aliphatic heterocycles. The highest BCUT2D eigenvalue weighted by molar-refractivity contribution is 5.59. The van der Waals surface area contributed by atoms with E-state index in [9.17, 15) is 4.79 Å². The third-order valence-electron chi connectivity index (χ3n) is 2.62. The number of rotatable bonds is 4. The van der Waals surface area contributed by atoms with E-state index in [1.54, 1.807) is 31.8 Å². The molecule has 9 nitrogen and oxygen atoms in total. The molecule has 0 N–H and O–H groups in total. The lowest BCUT2D eigenvalue weighted by Gasteiger charge is -2.10. The van der Waals surface area contributed by atoms with Crippen molar-refractivity contribution in [1.82, 2.24) is 30.0 Å². The van der Waals surface area contributed by atoms with E-state index in [0.717, 1.165) is 11.3 Å². The number of ether oxygens (including phenoxy) is 2. The van der Waals surface area contributed by atoms with E-state index >= 15 is 0 Å². The largest absolute Gasteiger partial charge is 0.510 e. The van der Waals surface area contributed by atoms with Crippen molar-refractivity contribution in [3.8, 4) is 11.5 Å². The summed E-state index contributed by atoms with van der Waals surface area (Å²) in [5.74, 6) is 0.418. The Morgan fingerprint density at radius 1 is 1.41 bits per heavy atom. The van der Waals surface area contributed by atoms with Crippen LogP contribution in [0.1, 0.15) is 39.5 Å². The molecule has 2 heterocycles. The summed E-state index contributed by atoms with van der Waals surface area (Å²) in [6.45, 7) is 9.47. The van der Waals surface area contributed by atoms with Crippen LogP contribution in [-0.4, -0.2) is 42.7 Å². The van der Waals surface area contributed by atoms with E-state index in [0.29, 0.717) is 5.82 Å². The zero-order chi connectivity index (χ0) is 16.7. The summed E-state index contributed by atoms with van der Waals surface area (Å²) in [4.78, 5) is 12.4. The number of hydrogen-bond donors (Lipinski definition) is 0. The Kier molecular flexibility index (Phi) is 6.48. The fourth-order valence-corrected chi connectivity index (χ4v) is 1.68. The highest BCUT2D eigenvalue weighted by Crippen LogP contribution is 2.18. The molecule has 0 bridgehead atoms. The van der Waals surface area contributed by atoms with Crippen molar-refractivity contribution in [2.45, 2.75) is 40.8 Å². The number of tetrazole rings is 1. The smallest absolute Gasteiger partial charge is 0.435 e. The van der Waals surface area contributed by atoms with Crippen LogP contribution < -0.4 is 0 Å². The summed E-state index contributed by atoms with van der Waals surface area (Å²) >= 11 is 0. The molecule has 2 rings (SSSR count). The molecule has 0 saturated heterocycles. The van der Waals surface area contributed by atoms with Crippen LogP contribution in [0.4, 0.5) is 4.79 Å². The Labute approximate surface area is 129 Å². The molecule has 1 atom stereocenters. The Morgan fingerprint density at radius 3 is 2.64 bits per heavy atom. The summed E-state index contributed by atoms with van der Waals surface area (Å²) in [7, 11) is 1.79. The normalized spacial score (nSPS) is 11.4. The Bertz CT molecular complexity index is 587. The second kappa shape index (κ2) is 8.11. The van der Waals surface area contributed by atoms with Gasteiger partial charge in [-0.25, -0.2) is 4.79 Å². The van der Waals surface area contributed by atoms with Gasteiger partial charge in [-0.15, -0.1) is 15.0 Å². The molecule has 0 fully saturated rings. The predicted octanol–water partition coefficient (Wildman–Crippen LogP) is 2.10. The Hall–Kier alpha value is -2.45. The van der Waals surface area contributed by atoms with Gasteiger partial charge >= 0.3 is 6.16 Å². The number of nitrogens with zero attached hydrogens (tertiary/aromatic N) is 6. The van der Waals surface area contributed by atoms with E-state index in [1.807, 2.05) is 20.8 Å². The topological polar surface area (TPSA) is 97.0 Å². The summed E-state index contributed by atoms with van der Waals surface area (Å²) in [5, 5.41) is 16.1.